The number of hydrogen-bond acceptors (Lipinski definition) is 0. The molecule has 1 radical (unpaired) electrons. The molecule has 0 aliphatic carbocycles. The first kappa shape index (κ1) is 22.0. The van der Waals surface area contributed by atoms with Crippen LogP contribution in [-0.2, 0) is 0 Å². The van der Waals surface area contributed by atoms with Gasteiger partial charge in [-0.3, -0.25) is 0 Å². The number of alkyl halides is 12. The number of rotatable bonds is 0. The molecule has 0 aliphatic rings. The van der Waals surface area contributed by atoms with Gasteiger partial charge in [0.25, 0.3) is 0 Å². The van der Waals surface area contributed by atoms with E-state index in [9.17, 15) is 52.7 Å². The van der Waals surface area contributed by atoms with E-state index >= 15 is 0 Å². The average Bonchev–Trinajstić information content (AvgIpc) is 1.77. The van der Waals surface area contributed by atoms with E-state index in [-0.39, 0.29) is 18.9 Å². The van der Waals surface area contributed by atoms with Crippen molar-refractivity contribution >= 4 is 18.9 Å². The molecule has 0 bridgehead atoms. The Hall–Kier alpha value is -0.243. The summed E-state index contributed by atoms with van der Waals surface area (Å²) in [5, 5.41) is 0. The van der Waals surface area contributed by atoms with Crippen molar-refractivity contribution in [1.82, 2.24) is 0 Å². The summed E-state index contributed by atoms with van der Waals surface area (Å²) in [7, 11) is 0. The van der Waals surface area contributed by atoms with Gasteiger partial charge in [0.2, 0.25) is 0 Å². The minimum atomic E-state index is -6.06. The smallest absolute Gasteiger partial charge is 0.162 e. The van der Waals surface area contributed by atoms with Gasteiger partial charge in [-0.25, -0.2) is 0 Å². The third-order valence-electron chi connectivity index (χ3n) is 0.643. The predicted octanol–water partition coefficient (Wildman–Crippen LogP) is 3.84. The van der Waals surface area contributed by atoms with Crippen molar-refractivity contribution in [1.29, 1.82) is 0 Å². The van der Waals surface area contributed by atoms with E-state index in [1.807, 2.05) is 0 Å². The van der Waals surface area contributed by atoms with Crippen molar-refractivity contribution in [2.24, 2.45) is 0 Å². The molecule has 0 aromatic heterocycles. The SMILES string of the molecule is FC(F)(F)C(F)(F)F.FC(F)(F)C(F)(F)F.[Li]. The Kier molecular flexibility index (Phi) is 7.86. The second-order valence-corrected chi connectivity index (χ2v) is 1.99. The van der Waals surface area contributed by atoms with Crippen LogP contribution in [0, 0.1) is 0 Å². The summed E-state index contributed by atoms with van der Waals surface area (Å²) in [5.74, 6) is 0. The molecular weight excluding hydrogens is 283 g/mol. The van der Waals surface area contributed by atoms with Crippen LogP contribution in [0.1, 0.15) is 0 Å². The van der Waals surface area contributed by atoms with E-state index in [1.165, 1.54) is 0 Å². The van der Waals surface area contributed by atoms with Crippen molar-refractivity contribution in [3.63, 3.8) is 0 Å². The Balaban J connectivity index is -0.000000218. The van der Waals surface area contributed by atoms with Gasteiger partial charge < -0.3 is 0 Å². The Morgan fingerprint density at radius 2 is 0.353 bits per heavy atom. The van der Waals surface area contributed by atoms with Crippen molar-refractivity contribution in [3.8, 4) is 0 Å². The molecule has 0 aliphatic heterocycles. The fourth-order valence-electron chi connectivity index (χ4n) is 0. The standard InChI is InChI=1S/2C2F6.Li/c2*3-1(4,5)2(6,7)8;. The predicted molar refractivity (Wildman–Crippen MR) is 30.0 cm³/mol. The largest absolute Gasteiger partial charge is 0.487 e. The van der Waals surface area contributed by atoms with E-state index in [4.69, 9.17) is 0 Å². The molecule has 0 saturated carbocycles. The molecule has 0 unspecified atom stereocenters. The number of halogens is 12. The zero-order valence-corrected chi connectivity index (χ0v) is 7.54. The summed E-state index contributed by atoms with van der Waals surface area (Å²) >= 11 is 0. The van der Waals surface area contributed by atoms with Gasteiger partial charge >= 0.3 is 24.7 Å². The summed E-state index contributed by atoms with van der Waals surface area (Å²) in [4.78, 5) is 0. The maximum atomic E-state index is 10.4. The van der Waals surface area contributed by atoms with Crippen molar-refractivity contribution in [3.05, 3.63) is 0 Å². The van der Waals surface area contributed by atoms with Crippen LogP contribution in [0.2, 0.25) is 0 Å². The molecule has 0 N–H and O–H groups in total. The van der Waals surface area contributed by atoms with Gasteiger partial charge in [-0.15, -0.1) is 0 Å². The maximum Gasteiger partial charge on any atom is 0.487 e. The summed E-state index contributed by atoms with van der Waals surface area (Å²) in [6, 6.07) is 0. The topological polar surface area (TPSA) is 0 Å². The van der Waals surface area contributed by atoms with Crippen molar-refractivity contribution < 1.29 is 52.7 Å². The quantitative estimate of drug-likeness (QED) is 0.468. The molecule has 0 rings (SSSR count). The summed E-state index contributed by atoms with van der Waals surface area (Å²) in [6.45, 7) is 0. The van der Waals surface area contributed by atoms with E-state index in [1.54, 1.807) is 0 Å². The van der Waals surface area contributed by atoms with Gasteiger partial charge in [0.1, 0.15) is 0 Å². The first-order valence-corrected chi connectivity index (χ1v) is 2.77. The van der Waals surface area contributed by atoms with Crippen molar-refractivity contribution in [2.45, 2.75) is 24.7 Å². The fraction of sp³-hybridized carbons (Fsp3) is 1.00. The molecule has 0 saturated heterocycles. The Labute approximate surface area is 97.1 Å². The Morgan fingerprint density at radius 3 is 0.353 bits per heavy atom. The minimum absolute atomic E-state index is 0. The molecular formula is C4F12Li. The third kappa shape index (κ3) is 9.46. The fourth-order valence-corrected chi connectivity index (χ4v) is 0. The van der Waals surface area contributed by atoms with Crippen LogP contribution in [0.5, 0.6) is 0 Å². The van der Waals surface area contributed by atoms with Crippen LogP contribution in [-0.4, -0.2) is 43.6 Å². The van der Waals surface area contributed by atoms with E-state index in [0.717, 1.165) is 0 Å². The Morgan fingerprint density at radius 1 is 0.294 bits per heavy atom. The van der Waals surface area contributed by atoms with Gasteiger partial charge in [0.05, 0.1) is 0 Å². The van der Waals surface area contributed by atoms with Crippen LogP contribution < -0.4 is 0 Å². The summed E-state index contributed by atoms with van der Waals surface area (Å²) < 4.78 is 125. The molecule has 0 fully saturated rings. The monoisotopic (exact) mass is 283 g/mol. The molecule has 0 nitrogen and oxygen atoms in total. The molecule has 0 aromatic rings. The Bertz CT molecular complexity index is 153. The van der Waals surface area contributed by atoms with Crippen LogP contribution in [0.25, 0.3) is 0 Å². The van der Waals surface area contributed by atoms with E-state index < -0.39 is 24.7 Å². The molecule has 101 valence electrons. The van der Waals surface area contributed by atoms with Gasteiger partial charge in [0.15, 0.2) is 0 Å². The zero-order valence-electron chi connectivity index (χ0n) is 7.54. The van der Waals surface area contributed by atoms with E-state index in [2.05, 4.69) is 0 Å². The molecule has 0 spiro atoms. The zero-order chi connectivity index (χ0) is 14.0. The molecule has 0 atom stereocenters. The molecule has 0 amide bonds. The average molecular weight is 283 g/mol. The summed E-state index contributed by atoms with van der Waals surface area (Å²) in [6.07, 6.45) is -24.2. The normalized spacial score (nSPS) is 13.4. The number of hydrogen-bond donors (Lipinski definition) is 0. The van der Waals surface area contributed by atoms with Crippen LogP contribution in [0.4, 0.5) is 52.7 Å². The van der Waals surface area contributed by atoms with E-state index in [0.29, 0.717) is 0 Å². The molecule has 0 aromatic carbocycles. The van der Waals surface area contributed by atoms with Gasteiger partial charge in [-0.2, -0.15) is 52.7 Å². The maximum absolute atomic E-state index is 10.4. The third-order valence-corrected chi connectivity index (χ3v) is 0.643. The summed E-state index contributed by atoms with van der Waals surface area (Å²) in [5.41, 5.74) is 0. The van der Waals surface area contributed by atoms with Gasteiger partial charge in [-0.05, 0) is 0 Å². The van der Waals surface area contributed by atoms with Crippen LogP contribution in [0.3, 0.4) is 0 Å². The minimum Gasteiger partial charge on any atom is -0.162 e. The molecule has 17 heavy (non-hydrogen) atoms. The van der Waals surface area contributed by atoms with Gasteiger partial charge in [0, 0.05) is 18.9 Å². The molecule has 13 heteroatoms. The second-order valence-electron chi connectivity index (χ2n) is 1.99. The molecule has 0 heterocycles. The van der Waals surface area contributed by atoms with Crippen molar-refractivity contribution in [2.75, 3.05) is 0 Å². The van der Waals surface area contributed by atoms with Crippen LogP contribution >= 0.6 is 0 Å². The first-order chi connectivity index (χ1) is 6.50. The van der Waals surface area contributed by atoms with Crippen LogP contribution in [0.15, 0.2) is 0 Å². The first-order valence-electron chi connectivity index (χ1n) is 2.77. The second kappa shape index (κ2) is 6.08. The van der Waals surface area contributed by atoms with Gasteiger partial charge in [-0.1, -0.05) is 0 Å².